The predicted octanol–water partition coefficient (Wildman–Crippen LogP) is 5.97. The van der Waals surface area contributed by atoms with Crippen LogP contribution in [0, 0.1) is 10.1 Å². The summed E-state index contributed by atoms with van der Waals surface area (Å²) in [5, 5.41) is 13.5. The molecule has 13 nitrogen and oxygen atoms in total. The molecule has 240 valence electrons. The lowest BCUT2D eigenvalue weighted by atomic mass is 10.1. The molecule has 3 aromatic rings. The third-order valence-corrected chi connectivity index (χ3v) is 18.0. The number of benzene rings is 1. The number of imidazole rings is 1. The van der Waals surface area contributed by atoms with E-state index in [0.717, 1.165) is 0 Å². The van der Waals surface area contributed by atoms with E-state index in [0.29, 0.717) is 16.7 Å². The van der Waals surface area contributed by atoms with Crippen LogP contribution in [0.15, 0.2) is 43.0 Å². The Bertz CT molecular complexity index is 1490. The number of hydrogen-bond acceptors (Lipinski definition) is 10. The van der Waals surface area contributed by atoms with Gasteiger partial charge in [0, 0.05) is 5.56 Å². The van der Waals surface area contributed by atoms with E-state index in [1.54, 1.807) is 28.8 Å². The average Bonchev–Trinajstić information content (AvgIpc) is 3.48. The molecular formula is C29H44N6O7Si2. The zero-order valence-electron chi connectivity index (χ0n) is 27.2. The van der Waals surface area contributed by atoms with Crippen LogP contribution in [0.25, 0.3) is 11.2 Å². The fourth-order valence-corrected chi connectivity index (χ4v) is 6.64. The number of ether oxygens (including phenoxy) is 1. The van der Waals surface area contributed by atoms with Gasteiger partial charge in [-0.05, 0) is 48.4 Å². The summed E-state index contributed by atoms with van der Waals surface area (Å²) in [7, 11) is -4.75. The van der Waals surface area contributed by atoms with Crippen molar-refractivity contribution in [3.63, 3.8) is 0 Å². The minimum absolute atomic E-state index is 0.0838. The first-order valence-corrected chi connectivity index (χ1v) is 20.5. The Morgan fingerprint density at radius 3 is 2.23 bits per heavy atom. The smallest absolute Gasteiger partial charge is 0.294 e. The minimum Gasteiger partial charge on any atom is -0.414 e. The van der Waals surface area contributed by atoms with E-state index in [-0.39, 0.29) is 28.4 Å². The maximum atomic E-state index is 12.9. The largest absolute Gasteiger partial charge is 0.414 e. The molecule has 44 heavy (non-hydrogen) atoms. The van der Waals surface area contributed by atoms with Gasteiger partial charge in [-0.3, -0.25) is 9.36 Å². The second-order valence-corrected chi connectivity index (χ2v) is 23.7. The van der Waals surface area contributed by atoms with Crippen LogP contribution in [0.5, 0.6) is 0 Å². The van der Waals surface area contributed by atoms with Crippen LogP contribution in [0.4, 0.5) is 5.82 Å². The van der Waals surface area contributed by atoms with Gasteiger partial charge in [0.1, 0.15) is 18.5 Å². The number of nitrogens with one attached hydrogen (secondary N) is 1. The van der Waals surface area contributed by atoms with Gasteiger partial charge < -0.3 is 23.7 Å². The monoisotopic (exact) mass is 644 g/mol. The van der Waals surface area contributed by atoms with E-state index in [1.807, 2.05) is 6.07 Å². The van der Waals surface area contributed by atoms with E-state index in [4.69, 9.17) is 18.4 Å². The quantitative estimate of drug-likeness (QED) is 0.159. The highest BCUT2D eigenvalue weighted by atomic mass is 28.4. The lowest BCUT2D eigenvalue weighted by molar-refractivity contribution is -0.771. The molecule has 4 rings (SSSR count). The summed E-state index contributed by atoms with van der Waals surface area (Å²) in [6.45, 7) is 21.1. The number of amides is 1. The molecule has 1 aliphatic heterocycles. The van der Waals surface area contributed by atoms with Crippen LogP contribution in [-0.2, 0) is 18.4 Å². The Morgan fingerprint density at radius 2 is 1.64 bits per heavy atom. The normalized spacial score (nSPS) is 21.4. The second-order valence-electron chi connectivity index (χ2n) is 14.1. The predicted molar refractivity (Wildman–Crippen MR) is 171 cm³/mol. The molecule has 0 radical (unpaired) electrons. The summed E-state index contributed by atoms with van der Waals surface area (Å²) in [6, 6.07) is 8.76. The van der Waals surface area contributed by atoms with Gasteiger partial charge in [-0.2, -0.15) is 0 Å². The average molecular weight is 645 g/mol. The Balaban J connectivity index is 1.75. The van der Waals surface area contributed by atoms with E-state index in [2.05, 4.69) is 88.0 Å². The van der Waals surface area contributed by atoms with Crippen molar-refractivity contribution < 1.29 is 28.3 Å². The standard InChI is InChI=1S/C29H44N6O7Si2/c1-28(2,3)43(7,8)39-16-20-22(41-35(37)38)23(42-44(9,10)29(4,5)6)27(40-20)34-18-32-21-24(30-17-31-25(21)34)33-26(36)19-14-12-11-13-15-19/h11-15,17-18,20,22-23,27H,16H2,1-10H3,(H,30,31,33,36). The summed E-state index contributed by atoms with van der Waals surface area (Å²) in [5.41, 5.74) is 1.16. The molecule has 15 heteroatoms. The molecule has 1 amide bonds. The maximum Gasteiger partial charge on any atom is 0.294 e. The number of nitrogens with zero attached hydrogens (tertiary/aromatic N) is 5. The van der Waals surface area contributed by atoms with Gasteiger partial charge in [-0.15, -0.1) is 10.1 Å². The Hall–Kier alpha value is -3.25. The lowest BCUT2D eigenvalue weighted by Gasteiger charge is -2.40. The van der Waals surface area contributed by atoms with Gasteiger partial charge in [0.05, 0.1) is 12.9 Å². The molecule has 4 unspecified atom stereocenters. The maximum absolute atomic E-state index is 12.9. The Morgan fingerprint density at radius 1 is 1.00 bits per heavy atom. The lowest BCUT2D eigenvalue weighted by Crippen LogP contribution is -2.50. The van der Waals surface area contributed by atoms with E-state index < -0.39 is 46.3 Å². The number of carbonyl (C=O) groups excluding carboxylic acids is 1. The van der Waals surface area contributed by atoms with Gasteiger partial charge >= 0.3 is 0 Å². The van der Waals surface area contributed by atoms with Crippen molar-refractivity contribution in [1.82, 2.24) is 19.5 Å². The van der Waals surface area contributed by atoms with Crippen LogP contribution in [0.2, 0.25) is 36.3 Å². The summed E-state index contributed by atoms with van der Waals surface area (Å²) in [5.74, 6) is -0.128. The first-order chi connectivity index (χ1) is 20.3. The van der Waals surface area contributed by atoms with Crippen molar-refractivity contribution in [3.8, 4) is 0 Å². The van der Waals surface area contributed by atoms with Crippen LogP contribution >= 0.6 is 0 Å². The van der Waals surface area contributed by atoms with Crippen LogP contribution in [-0.4, -0.2) is 72.1 Å². The SMILES string of the molecule is CC(C)(C)[Si](C)(C)OCC1OC(n2cnc3c(NC(=O)c4ccccc4)ncnc32)C(O[Si](C)(C)C(C)(C)C)C1O[N+](=O)[O-]. The van der Waals surface area contributed by atoms with Crippen LogP contribution in [0.1, 0.15) is 58.1 Å². The molecule has 1 fully saturated rings. The highest BCUT2D eigenvalue weighted by molar-refractivity contribution is 6.74. The van der Waals surface area contributed by atoms with E-state index in [9.17, 15) is 14.9 Å². The Labute approximate surface area is 260 Å². The molecule has 0 spiro atoms. The molecule has 1 N–H and O–H groups in total. The zero-order chi connectivity index (χ0) is 32.7. The fraction of sp³-hybridized carbons (Fsp3) is 0.586. The van der Waals surface area contributed by atoms with Crippen LogP contribution in [0.3, 0.4) is 0 Å². The van der Waals surface area contributed by atoms with Gasteiger partial charge in [0.2, 0.25) is 0 Å². The molecule has 0 saturated carbocycles. The van der Waals surface area contributed by atoms with Gasteiger partial charge in [0.25, 0.3) is 11.0 Å². The molecular weight excluding hydrogens is 601 g/mol. The van der Waals surface area contributed by atoms with Crippen molar-refractivity contribution in [2.75, 3.05) is 11.9 Å². The van der Waals surface area contributed by atoms with E-state index >= 15 is 0 Å². The molecule has 1 aliphatic rings. The second kappa shape index (κ2) is 12.3. The summed E-state index contributed by atoms with van der Waals surface area (Å²) in [4.78, 5) is 43.3. The number of fused-ring (bicyclic) bond motifs is 1. The molecule has 0 bridgehead atoms. The molecule has 4 atom stereocenters. The third-order valence-electron chi connectivity index (χ3n) is 9.05. The number of rotatable bonds is 10. The Kier molecular flexibility index (Phi) is 9.38. The molecule has 0 aliphatic carbocycles. The highest BCUT2D eigenvalue weighted by Gasteiger charge is 2.54. The van der Waals surface area contributed by atoms with Crippen molar-refractivity contribution in [3.05, 3.63) is 58.7 Å². The highest BCUT2D eigenvalue weighted by Crippen LogP contribution is 2.44. The first-order valence-electron chi connectivity index (χ1n) is 14.6. The van der Waals surface area contributed by atoms with Gasteiger partial charge in [-0.1, -0.05) is 59.7 Å². The molecule has 1 saturated heterocycles. The van der Waals surface area contributed by atoms with Gasteiger partial charge in [-0.25, -0.2) is 15.0 Å². The molecule has 1 aromatic carbocycles. The van der Waals surface area contributed by atoms with Crippen LogP contribution < -0.4 is 5.32 Å². The fourth-order valence-electron chi connectivity index (χ4n) is 4.34. The van der Waals surface area contributed by atoms with Gasteiger partial charge in [0.15, 0.2) is 45.9 Å². The number of carbonyl (C=O) groups is 1. The zero-order valence-corrected chi connectivity index (χ0v) is 29.2. The molecule has 2 aromatic heterocycles. The van der Waals surface area contributed by atoms with Crippen molar-refractivity contribution in [2.45, 2.75) is 102 Å². The van der Waals surface area contributed by atoms with Crippen molar-refractivity contribution >= 4 is 39.5 Å². The number of aromatic nitrogens is 4. The van der Waals surface area contributed by atoms with Crippen molar-refractivity contribution in [2.24, 2.45) is 0 Å². The summed E-state index contributed by atoms with van der Waals surface area (Å²) >= 11 is 0. The number of hydrogen-bond donors (Lipinski definition) is 1. The minimum atomic E-state index is -2.51. The number of anilines is 1. The third kappa shape index (κ3) is 7.01. The first kappa shape index (κ1) is 33.6. The topological polar surface area (TPSA) is 153 Å². The summed E-state index contributed by atoms with van der Waals surface area (Å²) < 4.78 is 21.5. The van der Waals surface area contributed by atoms with Crippen molar-refractivity contribution in [1.29, 1.82) is 0 Å². The summed E-state index contributed by atoms with van der Waals surface area (Å²) in [6.07, 6.45) is -0.826. The molecule has 3 heterocycles. The van der Waals surface area contributed by atoms with E-state index in [1.165, 1.54) is 12.7 Å².